The summed E-state index contributed by atoms with van der Waals surface area (Å²) in [5.41, 5.74) is 3.15. The SMILES string of the molecule is CCC(CC)Sc1nc2cc(Cl)c(N3CCCNCC3)cc2[nH]1. The Labute approximate surface area is 147 Å². The molecule has 23 heavy (non-hydrogen) atoms. The zero-order valence-electron chi connectivity index (χ0n) is 13.9. The van der Waals surface area contributed by atoms with Crippen molar-refractivity contribution in [2.24, 2.45) is 0 Å². The smallest absolute Gasteiger partial charge is 0.166 e. The highest BCUT2D eigenvalue weighted by Crippen LogP contribution is 2.33. The summed E-state index contributed by atoms with van der Waals surface area (Å²) >= 11 is 8.37. The van der Waals surface area contributed by atoms with Crippen molar-refractivity contribution in [3.63, 3.8) is 0 Å². The molecule has 0 aliphatic carbocycles. The molecule has 126 valence electrons. The number of hydrogen-bond acceptors (Lipinski definition) is 4. The molecule has 0 bridgehead atoms. The average Bonchev–Trinajstić information content (AvgIpc) is 2.75. The molecular weight excluding hydrogens is 328 g/mol. The Morgan fingerprint density at radius 3 is 2.87 bits per heavy atom. The third-order valence-corrected chi connectivity index (χ3v) is 6.12. The van der Waals surface area contributed by atoms with E-state index in [9.17, 15) is 0 Å². The molecule has 1 saturated heterocycles. The highest BCUT2D eigenvalue weighted by molar-refractivity contribution is 7.99. The quantitative estimate of drug-likeness (QED) is 0.787. The second-order valence-electron chi connectivity index (χ2n) is 6.01. The maximum Gasteiger partial charge on any atom is 0.166 e. The summed E-state index contributed by atoms with van der Waals surface area (Å²) in [5, 5.41) is 5.84. The maximum atomic E-state index is 6.54. The molecule has 2 heterocycles. The Balaban J connectivity index is 1.87. The van der Waals surface area contributed by atoms with Crippen LogP contribution in [-0.4, -0.2) is 41.4 Å². The van der Waals surface area contributed by atoms with Crippen LogP contribution >= 0.6 is 23.4 Å². The highest BCUT2D eigenvalue weighted by atomic mass is 35.5. The molecular formula is C17H25ClN4S. The van der Waals surface area contributed by atoms with E-state index in [-0.39, 0.29) is 0 Å². The summed E-state index contributed by atoms with van der Waals surface area (Å²) in [6, 6.07) is 4.16. The van der Waals surface area contributed by atoms with Gasteiger partial charge in [0, 0.05) is 24.9 Å². The van der Waals surface area contributed by atoms with E-state index in [2.05, 4.69) is 35.1 Å². The molecule has 0 unspecified atom stereocenters. The van der Waals surface area contributed by atoms with Gasteiger partial charge in [-0.15, -0.1) is 0 Å². The molecule has 0 spiro atoms. The first kappa shape index (κ1) is 16.9. The van der Waals surface area contributed by atoms with Crippen LogP contribution in [0.2, 0.25) is 5.02 Å². The van der Waals surface area contributed by atoms with Crippen LogP contribution in [0.25, 0.3) is 11.0 Å². The van der Waals surface area contributed by atoms with Crippen LogP contribution < -0.4 is 10.2 Å². The number of benzene rings is 1. The summed E-state index contributed by atoms with van der Waals surface area (Å²) in [6.07, 6.45) is 3.46. The molecule has 3 rings (SSSR count). The number of hydrogen-bond donors (Lipinski definition) is 2. The van der Waals surface area contributed by atoms with Crippen molar-refractivity contribution in [3.8, 4) is 0 Å². The van der Waals surface area contributed by atoms with Crippen LogP contribution in [0.15, 0.2) is 17.3 Å². The van der Waals surface area contributed by atoms with E-state index in [4.69, 9.17) is 16.6 Å². The lowest BCUT2D eigenvalue weighted by atomic mass is 10.2. The number of aromatic nitrogens is 2. The Hall–Kier alpha value is -0.910. The number of nitrogens with one attached hydrogen (secondary N) is 2. The Morgan fingerprint density at radius 1 is 1.26 bits per heavy atom. The fraction of sp³-hybridized carbons (Fsp3) is 0.588. The summed E-state index contributed by atoms with van der Waals surface area (Å²) in [4.78, 5) is 10.5. The molecule has 6 heteroatoms. The number of H-pyrrole nitrogens is 1. The molecule has 4 nitrogen and oxygen atoms in total. The number of halogens is 1. The fourth-order valence-electron chi connectivity index (χ4n) is 2.99. The molecule has 0 saturated carbocycles. The largest absolute Gasteiger partial charge is 0.369 e. The average molecular weight is 353 g/mol. The maximum absolute atomic E-state index is 6.54. The van der Waals surface area contributed by atoms with Gasteiger partial charge in [0.1, 0.15) is 0 Å². The number of aromatic amines is 1. The first-order chi connectivity index (χ1) is 11.2. The zero-order chi connectivity index (χ0) is 16.2. The second-order valence-corrected chi connectivity index (χ2v) is 7.71. The first-order valence-electron chi connectivity index (χ1n) is 8.52. The van der Waals surface area contributed by atoms with Crippen molar-refractivity contribution >= 4 is 40.1 Å². The molecule has 2 N–H and O–H groups in total. The number of rotatable bonds is 5. The van der Waals surface area contributed by atoms with Crippen LogP contribution in [0.1, 0.15) is 33.1 Å². The third kappa shape index (κ3) is 3.95. The van der Waals surface area contributed by atoms with Gasteiger partial charge in [-0.2, -0.15) is 0 Å². The summed E-state index contributed by atoms with van der Waals surface area (Å²) in [6.45, 7) is 8.58. The summed E-state index contributed by atoms with van der Waals surface area (Å²) in [5.74, 6) is 0. The third-order valence-electron chi connectivity index (χ3n) is 4.40. The molecule has 1 aliphatic heterocycles. The van der Waals surface area contributed by atoms with E-state index in [1.54, 1.807) is 0 Å². The van der Waals surface area contributed by atoms with E-state index >= 15 is 0 Å². The van der Waals surface area contributed by atoms with Crippen LogP contribution in [0, 0.1) is 0 Å². The van der Waals surface area contributed by atoms with Gasteiger partial charge in [0.15, 0.2) is 5.16 Å². The van der Waals surface area contributed by atoms with Gasteiger partial charge in [-0.05, 0) is 37.9 Å². The van der Waals surface area contributed by atoms with Crippen molar-refractivity contribution in [2.45, 2.75) is 43.5 Å². The lowest BCUT2D eigenvalue weighted by Crippen LogP contribution is -2.28. The van der Waals surface area contributed by atoms with Crippen LogP contribution in [0.4, 0.5) is 5.69 Å². The van der Waals surface area contributed by atoms with Gasteiger partial charge in [0.05, 0.1) is 21.7 Å². The highest BCUT2D eigenvalue weighted by Gasteiger charge is 2.16. The number of imidazole rings is 1. The van der Waals surface area contributed by atoms with E-state index < -0.39 is 0 Å². The molecule has 1 aliphatic rings. The number of thioether (sulfide) groups is 1. The van der Waals surface area contributed by atoms with Gasteiger partial charge >= 0.3 is 0 Å². The normalized spacial score (nSPS) is 16.3. The van der Waals surface area contributed by atoms with Gasteiger partial charge in [-0.25, -0.2) is 4.98 Å². The minimum absolute atomic E-state index is 0.613. The predicted molar refractivity (Wildman–Crippen MR) is 101 cm³/mol. The van der Waals surface area contributed by atoms with Crippen molar-refractivity contribution < 1.29 is 0 Å². The second kappa shape index (κ2) is 7.77. The van der Waals surface area contributed by atoms with Gasteiger partial charge in [0.25, 0.3) is 0 Å². The van der Waals surface area contributed by atoms with Gasteiger partial charge in [0.2, 0.25) is 0 Å². The lowest BCUT2D eigenvalue weighted by molar-refractivity contribution is 0.724. The molecule has 1 aromatic heterocycles. The minimum Gasteiger partial charge on any atom is -0.369 e. The predicted octanol–water partition coefficient (Wildman–Crippen LogP) is 4.30. The summed E-state index contributed by atoms with van der Waals surface area (Å²) in [7, 11) is 0. The van der Waals surface area contributed by atoms with Crippen molar-refractivity contribution in [1.82, 2.24) is 15.3 Å². The van der Waals surface area contributed by atoms with Crippen molar-refractivity contribution in [3.05, 3.63) is 17.2 Å². The van der Waals surface area contributed by atoms with E-state index in [0.717, 1.165) is 72.3 Å². The first-order valence-corrected chi connectivity index (χ1v) is 9.78. The van der Waals surface area contributed by atoms with E-state index in [0.29, 0.717) is 5.25 Å². The standard InChI is InChI=1S/C17H25ClN4S/c1-3-12(4-2)23-17-20-14-10-13(18)16(11-15(14)21-17)22-8-5-6-19-7-9-22/h10-12,19H,3-9H2,1-2H3,(H,20,21). The molecule has 1 aromatic carbocycles. The topological polar surface area (TPSA) is 44.0 Å². The van der Waals surface area contributed by atoms with Crippen LogP contribution in [-0.2, 0) is 0 Å². The Morgan fingerprint density at radius 2 is 2.09 bits per heavy atom. The molecule has 0 atom stereocenters. The van der Waals surface area contributed by atoms with Crippen molar-refractivity contribution in [1.29, 1.82) is 0 Å². The zero-order valence-corrected chi connectivity index (χ0v) is 15.4. The summed E-state index contributed by atoms with van der Waals surface area (Å²) < 4.78 is 0. The molecule has 1 fully saturated rings. The molecule has 0 radical (unpaired) electrons. The fourth-order valence-corrected chi connectivity index (χ4v) is 4.24. The van der Waals surface area contributed by atoms with Gasteiger partial charge < -0.3 is 15.2 Å². The molecule has 2 aromatic rings. The number of nitrogens with zero attached hydrogens (tertiary/aromatic N) is 2. The van der Waals surface area contributed by atoms with Crippen LogP contribution in [0.5, 0.6) is 0 Å². The van der Waals surface area contributed by atoms with Gasteiger partial charge in [-0.3, -0.25) is 0 Å². The van der Waals surface area contributed by atoms with E-state index in [1.807, 2.05) is 17.8 Å². The number of fused-ring (bicyclic) bond motifs is 1. The Bertz CT molecular complexity index is 645. The molecule has 0 amide bonds. The van der Waals surface area contributed by atoms with Gasteiger partial charge in [-0.1, -0.05) is 37.2 Å². The Kier molecular flexibility index (Phi) is 5.72. The lowest BCUT2D eigenvalue weighted by Gasteiger charge is -2.23. The van der Waals surface area contributed by atoms with Crippen molar-refractivity contribution in [2.75, 3.05) is 31.1 Å². The number of anilines is 1. The monoisotopic (exact) mass is 352 g/mol. The minimum atomic E-state index is 0.613. The van der Waals surface area contributed by atoms with Crippen LogP contribution in [0.3, 0.4) is 0 Å². The van der Waals surface area contributed by atoms with E-state index in [1.165, 1.54) is 0 Å².